The van der Waals surface area contributed by atoms with Crippen LogP contribution in [0.1, 0.15) is 11.1 Å². The van der Waals surface area contributed by atoms with Gasteiger partial charge in [0.25, 0.3) is 5.91 Å². The molecule has 0 aliphatic carbocycles. The van der Waals surface area contributed by atoms with Crippen LogP contribution >= 0.6 is 12.2 Å². The fraction of sp³-hybridized carbons (Fsp3) is 0.176. The minimum absolute atomic E-state index is 0.0732. The summed E-state index contributed by atoms with van der Waals surface area (Å²) < 4.78 is 5.39. The number of hydrogen-bond acceptors (Lipinski definition) is 3. The molecule has 1 amide bonds. The number of amides is 1. The molecule has 0 atom stereocenters. The first-order valence-electron chi connectivity index (χ1n) is 6.94. The van der Waals surface area contributed by atoms with Crippen LogP contribution in [-0.2, 0) is 11.3 Å². The highest BCUT2D eigenvalue weighted by Crippen LogP contribution is 2.10. The normalized spacial score (nSPS) is 9.86. The Bertz CT molecular complexity index is 627. The summed E-state index contributed by atoms with van der Waals surface area (Å²) in [7, 11) is 0. The van der Waals surface area contributed by atoms with Gasteiger partial charge in [0.2, 0.25) is 0 Å². The van der Waals surface area contributed by atoms with Gasteiger partial charge in [-0.3, -0.25) is 4.79 Å². The van der Waals surface area contributed by atoms with Crippen LogP contribution in [0.25, 0.3) is 0 Å². The molecule has 0 aliphatic rings. The third-order valence-corrected chi connectivity index (χ3v) is 3.19. The summed E-state index contributed by atoms with van der Waals surface area (Å²) in [4.78, 5) is 11.7. The predicted molar refractivity (Wildman–Crippen MR) is 90.7 cm³/mol. The molecule has 114 valence electrons. The summed E-state index contributed by atoms with van der Waals surface area (Å²) in [5.74, 6) is 0.370. The van der Waals surface area contributed by atoms with Gasteiger partial charge >= 0.3 is 0 Å². The number of carbonyl (C=O) groups is 1. The Hall–Kier alpha value is -2.40. The van der Waals surface area contributed by atoms with Crippen molar-refractivity contribution in [3.63, 3.8) is 0 Å². The van der Waals surface area contributed by atoms with Crippen LogP contribution in [-0.4, -0.2) is 17.6 Å². The SMILES string of the molecule is Cc1ccc(OCC(=O)NC(=S)NCc2ccccc2)cc1. The van der Waals surface area contributed by atoms with Crippen molar-refractivity contribution in [1.82, 2.24) is 10.6 Å². The average Bonchev–Trinajstić information content (AvgIpc) is 2.53. The Balaban J connectivity index is 1.70. The lowest BCUT2D eigenvalue weighted by Gasteiger charge is -2.10. The lowest BCUT2D eigenvalue weighted by Crippen LogP contribution is -2.41. The Morgan fingerprint density at radius 1 is 1.09 bits per heavy atom. The van der Waals surface area contributed by atoms with E-state index in [-0.39, 0.29) is 12.5 Å². The fourth-order valence-electron chi connectivity index (χ4n) is 1.77. The molecule has 0 radical (unpaired) electrons. The van der Waals surface area contributed by atoms with Crippen LogP contribution < -0.4 is 15.4 Å². The molecule has 2 aromatic carbocycles. The van der Waals surface area contributed by atoms with Gasteiger partial charge in [-0.15, -0.1) is 0 Å². The summed E-state index contributed by atoms with van der Waals surface area (Å²) in [6, 6.07) is 17.3. The fourth-order valence-corrected chi connectivity index (χ4v) is 1.95. The maximum Gasteiger partial charge on any atom is 0.264 e. The second-order valence-electron chi connectivity index (χ2n) is 4.82. The van der Waals surface area contributed by atoms with Crippen molar-refractivity contribution in [2.75, 3.05) is 6.61 Å². The van der Waals surface area contributed by atoms with Gasteiger partial charge in [0, 0.05) is 6.54 Å². The molecule has 0 heterocycles. The zero-order valence-corrected chi connectivity index (χ0v) is 13.2. The number of benzene rings is 2. The van der Waals surface area contributed by atoms with Crippen LogP contribution in [0.5, 0.6) is 5.75 Å². The lowest BCUT2D eigenvalue weighted by molar-refractivity contribution is -0.121. The van der Waals surface area contributed by atoms with Gasteiger partial charge in [-0.25, -0.2) is 0 Å². The van der Waals surface area contributed by atoms with Crippen molar-refractivity contribution < 1.29 is 9.53 Å². The number of hydrogen-bond donors (Lipinski definition) is 2. The largest absolute Gasteiger partial charge is 0.484 e. The summed E-state index contributed by atoms with van der Waals surface area (Å²) in [5.41, 5.74) is 2.23. The Kier molecular flexibility index (Phi) is 5.91. The maximum atomic E-state index is 11.7. The van der Waals surface area contributed by atoms with Crippen molar-refractivity contribution in [2.24, 2.45) is 0 Å². The van der Waals surface area contributed by atoms with Gasteiger partial charge in [-0.05, 0) is 36.8 Å². The van der Waals surface area contributed by atoms with E-state index >= 15 is 0 Å². The number of thiocarbonyl (C=S) groups is 1. The van der Waals surface area contributed by atoms with E-state index < -0.39 is 0 Å². The second kappa shape index (κ2) is 8.14. The third-order valence-electron chi connectivity index (χ3n) is 2.94. The van der Waals surface area contributed by atoms with Crippen LogP contribution in [0.15, 0.2) is 54.6 Å². The Labute approximate surface area is 135 Å². The molecule has 0 aromatic heterocycles. The maximum absolute atomic E-state index is 11.7. The summed E-state index contributed by atoms with van der Waals surface area (Å²) in [6.45, 7) is 2.49. The van der Waals surface area contributed by atoms with E-state index in [4.69, 9.17) is 17.0 Å². The van der Waals surface area contributed by atoms with Gasteiger partial charge in [0.15, 0.2) is 11.7 Å². The summed E-state index contributed by atoms with van der Waals surface area (Å²) >= 11 is 5.08. The number of aryl methyl sites for hydroxylation is 1. The van der Waals surface area contributed by atoms with Gasteiger partial charge in [-0.2, -0.15) is 0 Å². The van der Waals surface area contributed by atoms with E-state index in [0.29, 0.717) is 17.4 Å². The predicted octanol–water partition coefficient (Wildman–Crippen LogP) is 2.56. The first-order chi connectivity index (χ1) is 10.6. The van der Waals surface area contributed by atoms with E-state index in [1.54, 1.807) is 0 Å². The molecule has 2 aromatic rings. The summed E-state index contributed by atoms with van der Waals surface area (Å²) in [6.07, 6.45) is 0. The van der Waals surface area contributed by atoms with Gasteiger partial charge in [0.1, 0.15) is 5.75 Å². The topological polar surface area (TPSA) is 50.4 Å². The molecule has 0 saturated heterocycles. The van der Waals surface area contributed by atoms with Crippen molar-refractivity contribution in [3.05, 3.63) is 65.7 Å². The Morgan fingerprint density at radius 3 is 2.45 bits per heavy atom. The van der Waals surface area contributed by atoms with Gasteiger partial charge in [-0.1, -0.05) is 48.0 Å². The van der Waals surface area contributed by atoms with Crippen LogP contribution in [0, 0.1) is 6.92 Å². The minimum atomic E-state index is -0.286. The lowest BCUT2D eigenvalue weighted by atomic mass is 10.2. The van der Waals surface area contributed by atoms with E-state index in [0.717, 1.165) is 11.1 Å². The molecule has 22 heavy (non-hydrogen) atoms. The summed E-state index contributed by atoms with van der Waals surface area (Å²) in [5, 5.41) is 5.86. The first-order valence-corrected chi connectivity index (χ1v) is 7.35. The highest BCUT2D eigenvalue weighted by molar-refractivity contribution is 7.80. The molecular formula is C17H18N2O2S. The van der Waals surface area contributed by atoms with Crippen molar-refractivity contribution >= 4 is 23.2 Å². The minimum Gasteiger partial charge on any atom is -0.484 e. The Morgan fingerprint density at radius 2 is 1.77 bits per heavy atom. The third kappa shape index (κ3) is 5.54. The van der Waals surface area contributed by atoms with Crippen LogP contribution in [0.2, 0.25) is 0 Å². The number of nitrogens with one attached hydrogen (secondary N) is 2. The standard InChI is InChI=1S/C17H18N2O2S/c1-13-7-9-15(10-8-13)21-12-16(20)19-17(22)18-11-14-5-3-2-4-6-14/h2-10H,11-12H2,1H3,(H2,18,19,20,22). The van der Waals surface area contributed by atoms with E-state index in [9.17, 15) is 4.79 Å². The zero-order valence-electron chi connectivity index (χ0n) is 12.3. The van der Waals surface area contributed by atoms with E-state index in [2.05, 4.69) is 10.6 Å². The number of carbonyl (C=O) groups excluding carboxylic acids is 1. The highest BCUT2D eigenvalue weighted by atomic mass is 32.1. The average molecular weight is 314 g/mol. The molecule has 0 spiro atoms. The quantitative estimate of drug-likeness (QED) is 0.833. The molecule has 2 N–H and O–H groups in total. The zero-order chi connectivity index (χ0) is 15.8. The molecule has 4 nitrogen and oxygen atoms in total. The highest BCUT2D eigenvalue weighted by Gasteiger charge is 2.05. The van der Waals surface area contributed by atoms with Crippen molar-refractivity contribution in [3.8, 4) is 5.75 Å². The van der Waals surface area contributed by atoms with Crippen molar-refractivity contribution in [2.45, 2.75) is 13.5 Å². The number of ether oxygens (including phenoxy) is 1. The smallest absolute Gasteiger partial charge is 0.264 e. The van der Waals surface area contributed by atoms with E-state index in [1.807, 2.05) is 61.5 Å². The van der Waals surface area contributed by atoms with Gasteiger partial charge in [0.05, 0.1) is 0 Å². The monoisotopic (exact) mass is 314 g/mol. The van der Waals surface area contributed by atoms with Gasteiger partial charge < -0.3 is 15.4 Å². The molecule has 0 aliphatic heterocycles. The van der Waals surface area contributed by atoms with Crippen LogP contribution in [0.3, 0.4) is 0 Å². The molecule has 2 rings (SSSR count). The molecule has 0 bridgehead atoms. The molecule has 0 saturated carbocycles. The molecule has 0 fully saturated rings. The van der Waals surface area contributed by atoms with Crippen LogP contribution in [0.4, 0.5) is 0 Å². The van der Waals surface area contributed by atoms with Crippen molar-refractivity contribution in [1.29, 1.82) is 0 Å². The van der Waals surface area contributed by atoms with E-state index in [1.165, 1.54) is 0 Å². The second-order valence-corrected chi connectivity index (χ2v) is 5.23. The molecule has 0 unspecified atom stereocenters. The molecule has 5 heteroatoms. The number of rotatable bonds is 5. The first kappa shape index (κ1) is 16.0. The molecular weight excluding hydrogens is 296 g/mol.